The molecule has 1 saturated carbocycles. The lowest BCUT2D eigenvalue weighted by Crippen LogP contribution is -2.29. The highest BCUT2D eigenvalue weighted by Gasteiger charge is 2.39. The van der Waals surface area contributed by atoms with Gasteiger partial charge in [0.05, 0.1) is 17.2 Å². The molecular weight excluding hydrogens is 226 g/mol. The highest BCUT2D eigenvalue weighted by molar-refractivity contribution is 5.14. The summed E-state index contributed by atoms with van der Waals surface area (Å²) in [5.74, 6) is 0. The van der Waals surface area contributed by atoms with Crippen molar-refractivity contribution in [1.29, 1.82) is 5.26 Å². The summed E-state index contributed by atoms with van der Waals surface area (Å²) < 4.78 is 0. The summed E-state index contributed by atoms with van der Waals surface area (Å²) in [7, 11) is 0. The first-order valence-electron chi connectivity index (χ1n) is 6.64. The van der Waals surface area contributed by atoms with Gasteiger partial charge in [-0.2, -0.15) is 5.26 Å². The third kappa shape index (κ3) is 2.68. The zero-order valence-electron chi connectivity index (χ0n) is 10.5. The molecule has 1 atom stereocenters. The largest absolute Gasteiger partial charge is 0.385 e. The number of rotatable bonds is 2. The fourth-order valence-corrected chi connectivity index (χ4v) is 2.73. The summed E-state index contributed by atoms with van der Waals surface area (Å²) in [5, 5.41) is 20.0. The molecule has 0 aliphatic heterocycles. The lowest BCUT2D eigenvalue weighted by molar-refractivity contribution is 0.0400. The molecule has 18 heavy (non-hydrogen) atoms. The van der Waals surface area contributed by atoms with E-state index in [0.29, 0.717) is 5.69 Å². The SMILES string of the molecule is N#CC1(C(O)c2ccncn2)CCCCCCC1. The predicted molar refractivity (Wildman–Crippen MR) is 67.4 cm³/mol. The number of nitriles is 1. The summed E-state index contributed by atoms with van der Waals surface area (Å²) in [6.45, 7) is 0. The molecular formula is C14H19N3O. The molecule has 0 amide bonds. The second kappa shape index (κ2) is 5.92. The van der Waals surface area contributed by atoms with E-state index >= 15 is 0 Å². The molecule has 2 rings (SSSR count). The first kappa shape index (κ1) is 13.0. The minimum atomic E-state index is -0.802. The van der Waals surface area contributed by atoms with Gasteiger partial charge in [-0.1, -0.05) is 32.1 Å². The Labute approximate surface area is 108 Å². The van der Waals surface area contributed by atoms with Crippen LogP contribution in [0.15, 0.2) is 18.6 Å². The van der Waals surface area contributed by atoms with Crippen molar-refractivity contribution < 1.29 is 5.11 Å². The highest BCUT2D eigenvalue weighted by atomic mass is 16.3. The maximum atomic E-state index is 10.5. The average Bonchev–Trinajstić information content (AvgIpc) is 2.40. The van der Waals surface area contributed by atoms with Crippen LogP contribution in [-0.2, 0) is 0 Å². The molecule has 1 fully saturated rings. The number of aromatic nitrogens is 2. The van der Waals surface area contributed by atoms with Gasteiger partial charge in [0.25, 0.3) is 0 Å². The standard InChI is InChI=1S/C14H19N3O/c15-10-14(7-4-2-1-3-5-8-14)13(18)12-6-9-16-11-17-12/h6,9,11,13,18H,1-5,7-8H2. The Morgan fingerprint density at radius 1 is 1.22 bits per heavy atom. The molecule has 0 radical (unpaired) electrons. The fourth-order valence-electron chi connectivity index (χ4n) is 2.73. The summed E-state index contributed by atoms with van der Waals surface area (Å²) >= 11 is 0. The van der Waals surface area contributed by atoms with Gasteiger partial charge in [-0.05, 0) is 18.9 Å². The van der Waals surface area contributed by atoms with E-state index in [0.717, 1.165) is 38.5 Å². The van der Waals surface area contributed by atoms with Gasteiger partial charge < -0.3 is 5.11 Å². The lowest BCUT2D eigenvalue weighted by atomic mass is 9.72. The number of hydrogen-bond donors (Lipinski definition) is 1. The highest BCUT2D eigenvalue weighted by Crippen LogP contribution is 2.43. The van der Waals surface area contributed by atoms with Crippen molar-refractivity contribution >= 4 is 0 Å². The number of aliphatic hydroxyl groups is 1. The van der Waals surface area contributed by atoms with Crippen LogP contribution in [-0.4, -0.2) is 15.1 Å². The van der Waals surface area contributed by atoms with Gasteiger partial charge in [0.15, 0.2) is 0 Å². The minimum Gasteiger partial charge on any atom is -0.385 e. The number of hydrogen-bond acceptors (Lipinski definition) is 4. The molecule has 1 aliphatic carbocycles. The maximum absolute atomic E-state index is 10.5. The topological polar surface area (TPSA) is 69.8 Å². The van der Waals surface area contributed by atoms with Gasteiger partial charge in [-0.3, -0.25) is 0 Å². The molecule has 0 spiro atoms. The van der Waals surface area contributed by atoms with Crippen LogP contribution in [0.1, 0.15) is 56.7 Å². The first-order chi connectivity index (χ1) is 8.78. The van der Waals surface area contributed by atoms with Crippen molar-refractivity contribution in [3.05, 3.63) is 24.3 Å². The summed E-state index contributed by atoms with van der Waals surface area (Å²) in [6.07, 6.45) is 9.31. The molecule has 96 valence electrons. The van der Waals surface area contributed by atoms with E-state index in [2.05, 4.69) is 16.0 Å². The minimum absolute atomic E-state index is 0.562. The van der Waals surface area contributed by atoms with Crippen molar-refractivity contribution in [3.8, 4) is 6.07 Å². The lowest BCUT2D eigenvalue weighted by Gasteiger charge is -2.32. The van der Waals surface area contributed by atoms with E-state index in [-0.39, 0.29) is 0 Å². The molecule has 1 aromatic rings. The van der Waals surface area contributed by atoms with Crippen LogP contribution < -0.4 is 0 Å². The monoisotopic (exact) mass is 245 g/mol. The second-order valence-electron chi connectivity index (χ2n) is 5.07. The molecule has 0 saturated heterocycles. The molecule has 4 heteroatoms. The van der Waals surface area contributed by atoms with E-state index < -0.39 is 11.5 Å². The van der Waals surface area contributed by atoms with Crippen LogP contribution in [0, 0.1) is 16.7 Å². The van der Waals surface area contributed by atoms with Crippen LogP contribution >= 0.6 is 0 Å². The van der Waals surface area contributed by atoms with E-state index in [1.807, 2.05) is 0 Å². The van der Waals surface area contributed by atoms with Crippen molar-refractivity contribution in [1.82, 2.24) is 9.97 Å². The van der Waals surface area contributed by atoms with Crippen molar-refractivity contribution in [2.24, 2.45) is 5.41 Å². The van der Waals surface area contributed by atoms with Gasteiger partial charge in [0.1, 0.15) is 12.4 Å². The normalized spacial score (nSPS) is 21.3. The Kier molecular flexibility index (Phi) is 4.27. The second-order valence-corrected chi connectivity index (χ2v) is 5.07. The zero-order chi connectivity index (χ0) is 12.8. The Bertz CT molecular complexity index is 405. The van der Waals surface area contributed by atoms with E-state index in [9.17, 15) is 10.4 Å². The van der Waals surface area contributed by atoms with Gasteiger partial charge in [-0.15, -0.1) is 0 Å². The Morgan fingerprint density at radius 3 is 2.44 bits per heavy atom. The first-order valence-corrected chi connectivity index (χ1v) is 6.64. The number of nitrogens with zero attached hydrogens (tertiary/aromatic N) is 3. The van der Waals surface area contributed by atoms with Gasteiger partial charge in [0, 0.05) is 6.20 Å². The zero-order valence-corrected chi connectivity index (χ0v) is 10.5. The maximum Gasteiger partial charge on any atom is 0.115 e. The molecule has 1 unspecified atom stereocenters. The molecule has 1 aliphatic rings. The van der Waals surface area contributed by atoms with Crippen molar-refractivity contribution in [2.75, 3.05) is 0 Å². The quantitative estimate of drug-likeness (QED) is 0.869. The van der Waals surface area contributed by atoms with Crippen molar-refractivity contribution in [3.63, 3.8) is 0 Å². The van der Waals surface area contributed by atoms with Crippen LogP contribution in [0.2, 0.25) is 0 Å². The molecule has 0 bridgehead atoms. The van der Waals surface area contributed by atoms with E-state index in [1.54, 1.807) is 12.3 Å². The third-order valence-electron chi connectivity index (χ3n) is 3.88. The molecule has 1 heterocycles. The summed E-state index contributed by atoms with van der Waals surface area (Å²) in [6, 6.07) is 4.07. The summed E-state index contributed by atoms with van der Waals surface area (Å²) in [5.41, 5.74) is -0.110. The molecule has 1 aromatic heterocycles. The van der Waals surface area contributed by atoms with Crippen LogP contribution in [0.5, 0.6) is 0 Å². The molecule has 0 aromatic carbocycles. The van der Waals surface area contributed by atoms with Crippen LogP contribution in [0.4, 0.5) is 0 Å². The van der Waals surface area contributed by atoms with Gasteiger partial charge >= 0.3 is 0 Å². The fraction of sp³-hybridized carbons (Fsp3) is 0.643. The summed E-state index contributed by atoms with van der Waals surface area (Å²) in [4.78, 5) is 7.94. The Balaban J connectivity index is 2.22. The van der Waals surface area contributed by atoms with Crippen LogP contribution in [0.25, 0.3) is 0 Å². The van der Waals surface area contributed by atoms with Gasteiger partial charge in [-0.25, -0.2) is 9.97 Å². The van der Waals surface area contributed by atoms with E-state index in [4.69, 9.17) is 0 Å². The Hall–Kier alpha value is -1.47. The van der Waals surface area contributed by atoms with Crippen molar-refractivity contribution in [2.45, 2.75) is 51.0 Å². The smallest absolute Gasteiger partial charge is 0.115 e. The Morgan fingerprint density at radius 2 is 1.89 bits per heavy atom. The molecule has 4 nitrogen and oxygen atoms in total. The van der Waals surface area contributed by atoms with Gasteiger partial charge in [0.2, 0.25) is 0 Å². The third-order valence-corrected chi connectivity index (χ3v) is 3.88. The molecule has 1 N–H and O–H groups in total. The predicted octanol–water partition coefficient (Wildman–Crippen LogP) is 2.76. The average molecular weight is 245 g/mol. The van der Waals surface area contributed by atoms with E-state index in [1.165, 1.54) is 12.7 Å². The number of aliphatic hydroxyl groups excluding tert-OH is 1. The van der Waals surface area contributed by atoms with Crippen LogP contribution in [0.3, 0.4) is 0 Å².